The summed E-state index contributed by atoms with van der Waals surface area (Å²) in [7, 11) is 3.76. The smallest absolute Gasteiger partial charge is 0.259 e. The predicted octanol–water partition coefficient (Wildman–Crippen LogP) is 4.29. The average Bonchev–Trinajstić information content (AvgIpc) is 3.28. The van der Waals surface area contributed by atoms with E-state index in [4.69, 9.17) is 4.52 Å². The Morgan fingerprint density at radius 2 is 1.89 bits per heavy atom. The van der Waals surface area contributed by atoms with Crippen LogP contribution in [0.1, 0.15) is 34.2 Å². The summed E-state index contributed by atoms with van der Waals surface area (Å²) >= 11 is 0. The fourth-order valence-corrected chi connectivity index (χ4v) is 4.04. The quantitative estimate of drug-likeness (QED) is 0.369. The van der Waals surface area contributed by atoms with Crippen LogP contribution in [0.3, 0.4) is 0 Å². The Kier molecular flexibility index (Phi) is 5.40. The Balaban J connectivity index is 1.27. The van der Waals surface area contributed by atoms with Gasteiger partial charge in [-0.1, -0.05) is 17.3 Å². The molecular formula is C26H23FN8O2. The van der Waals surface area contributed by atoms with Crippen molar-refractivity contribution in [3.63, 3.8) is 0 Å². The van der Waals surface area contributed by atoms with E-state index in [2.05, 4.69) is 30.5 Å². The summed E-state index contributed by atoms with van der Waals surface area (Å²) in [6.07, 6.45) is 6.32. The molecule has 4 heterocycles. The van der Waals surface area contributed by atoms with Gasteiger partial charge in [0.2, 0.25) is 17.7 Å². The molecule has 1 aliphatic carbocycles. The van der Waals surface area contributed by atoms with E-state index < -0.39 is 6.17 Å². The van der Waals surface area contributed by atoms with Crippen LogP contribution in [-0.2, 0) is 0 Å². The summed E-state index contributed by atoms with van der Waals surface area (Å²) in [5.41, 5.74) is 4.89. The summed E-state index contributed by atoms with van der Waals surface area (Å²) in [6.45, 7) is 1.89. The summed E-state index contributed by atoms with van der Waals surface area (Å²) in [5.74, 6) is 0.649. The maximum atomic E-state index is 13.4. The molecule has 2 atom stereocenters. The van der Waals surface area contributed by atoms with E-state index in [1.807, 2.05) is 50.2 Å². The van der Waals surface area contributed by atoms with E-state index in [1.165, 1.54) is 6.20 Å². The van der Waals surface area contributed by atoms with Gasteiger partial charge in [0, 0.05) is 49.5 Å². The standard InChI is InChI=1S/C26H23FN8O2/c1-14-4-5-16(23-32-25(37-33-23)18-10-20(18)27)8-21(14)31-24(36)19-13-30-35-7-6-15(9-22(19)35)17-11-28-26(29-12-17)34(2)3/h4-9,11-13,18,20H,10H2,1-3H3,(H,31,36)/t18-,20-/m0/s1. The molecule has 1 aromatic carbocycles. The van der Waals surface area contributed by atoms with Gasteiger partial charge in [0.1, 0.15) is 6.17 Å². The predicted molar refractivity (Wildman–Crippen MR) is 135 cm³/mol. The van der Waals surface area contributed by atoms with E-state index in [1.54, 1.807) is 29.2 Å². The maximum absolute atomic E-state index is 13.4. The van der Waals surface area contributed by atoms with Crippen LogP contribution in [0.2, 0.25) is 0 Å². The average molecular weight is 499 g/mol. The number of benzene rings is 1. The van der Waals surface area contributed by atoms with Crippen molar-refractivity contribution in [2.75, 3.05) is 24.3 Å². The van der Waals surface area contributed by atoms with Crippen LogP contribution in [0.5, 0.6) is 0 Å². The Morgan fingerprint density at radius 3 is 2.62 bits per heavy atom. The lowest BCUT2D eigenvalue weighted by molar-refractivity contribution is 0.102. The number of aryl methyl sites for hydroxylation is 1. The molecule has 1 saturated carbocycles. The van der Waals surface area contributed by atoms with Crippen LogP contribution >= 0.6 is 0 Å². The number of anilines is 2. The van der Waals surface area contributed by atoms with Crippen LogP contribution in [0.15, 0.2) is 59.6 Å². The van der Waals surface area contributed by atoms with Crippen molar-refractivity contribution in [1.82, 2.24) is 29.7 Å². The van der Waals surface area contributed by atoms with Crippen molar-refractivity contribution in [3.8, 4) is 22.5 Å². The Bertz CT molecular complexity index is 1630. The van der Waals surface area contributed by atoms with Crippen LogP contribution in [0.4, 0.5) is 16.0 Å². The highest BCUT2D eigenvalue weighted by Crippen LogP contribution is 2.43. The first-order valence-corrected chi connectivity index (χ1v) is 11.7. The number of fused-ring (bicyclic) bond motifs is 1. The fourth-order valence-electron chi connectivity index (χ4n) is 4.04. The molecule has 1 amide bonds. The highest BCUT2D eigenvalue weighted by molar-refractivity contribution is 6.09. The maximum Gasteiger partial charge on any atom is 0.259 e. The Hall–Kier alpha value is -4.67. The van der Waals surface area contributed by atoms with Gasteiger partial charge < -0.3 is 14.7 Å². The zero-order chi connectivity index (χ0) is 25.7. The largest absolute Gasteiger partial charge is 0.347 e. The molecule has 6 rings (SSSR count). The van der Waals surface area contributed by atoms with Gasteiger partial charge >= 0.3 is 0 Å². The molecule has 1 N–H and O–H groups in total. The van der Waals surface area contributed by atoms with E-state index in [-0.39, 0.29) is 11.8 Å². The molecule has 0 spiro atoms. The van der Waals surface area contributed by atoms with E-state index >= 15 is 0 Å². The molecule has 4 aromatic heterocycles. The van der Waals surface area contributed by atoms with Gasteiger partial charge in [0.15, 0.2) is 0 Å². The molecule has 0 radical (unpaired) electrons. The minimum absolute atomic E-state index is 0.303. The number of carbonyl (C=O) groups excluding carboxylic acids is 1. The first-order chi connectivity index (χ1) is 17.9. The minimum Gasteiger partial charge on any atom is -0.347 e. The van der Waals surface area contributed by atoms with Crippen LogP contribution in [-0.4, -0.2) is 55.9 Å². The third-order valence-corrected chi connectivity index (χ3v) is 6.35. The van der Waals surface area contributed by atoms with Crippen molar-refractivity contribution in [2.45, 2.75) is 25.4 Å². The number of pyridine rings is 1. The van der Waals surface area contributed by atoms with Gasteiger partial charge in [-0.3, -0.25) is 4.79 Å². The second-order valence-corrected chi connectivity index (χ2v) is 9.27. The number of nitrogens with zero attached hydrogens (tertiary/aromatic N) is 7. The lowest BCUT2D eigenvalue weighted by Gasteiger charge is -2.10. The number of amides is 1. The Morgan fingerprint density at radius 1 is 1.11 bits per heavy atom. The van der Waals surface area contributed by atoms with Crippen molar-refractivity contribution in [1.29, 1.82) is 0 Å². The zero-order valence-electron chi connectivity index (χ0n) is 20.4. The molecule has 0 bridgehead atoms. The third kappa shape index (κ3) is 4.28. The van der Waals surface area contributed by atoms with Crippen molar-refractivity contribution >= 4 is 23.1 Å². The number of rotatable bonds is 6. The number of alkyl halides is 1. The van der Waals surface area contributed by atoms with Crippen LogP contribution in [0, 0.1) is 6.92 Å². The topological polar surface area (TPSA) is 114 Å². The lowest BCUT2D eigenvalue weighted by Crippen LogP contribution is -2.13. The van der Waals surface area contributed by atoms with E-state index in [0.717, 1.165) is 16.7 Å². The molecule has 10 nitrogen and oxygen atoms in total. The summed E-state index contributed by atoms with van der Waals surface area (Å²) in [5, 5.41) is 11.3. The molecule has 0 unspecified atom stereocenters. The van der Waals surface area contributed by atoms with Gasteiger partial charge in [-0.15, -0.1) is 0 Å². The lowest BCUT2D eigenvalue weighted by atomic mass is 10.1. The van der Waals surface area contributed by atoms with Crippen molar-refractivity contribution in [2.24, 2.45) is 0 Å². The molecule has 1 aliphatic rings. The van der Waals surface area contributed by atoms with Crippen LogP contribution in [0.25, 0.3) is 28.0 Å². The highest BCUT2D eigenvalue weighted by atomic mass is 19.1. The van der Waals surface area contributed by atoms with Crippen molar-refractivity contribution < 1.29 is 13.7 Å². The molecule has 0 saturated heterocycles. The summed E-state index contributed by atoms with van der Waals surface area (Å²) < 4.78 is 20.2. The molecule has 0 aliphatic heterocycles. The first kappa shape index (κ1) is 22.8. The second-order valence-electron chi connectivity index (χ2n) is 9.27. The second kappa shape index (κ2) is 8.77. The van der Waals surface area contributed by atoms with Crippen molar-refractivity contribution in [3.05, 3.63) is 72.1 Å². The van der Waals surface area contributed by atoms with Gasteiger partial charge in [0.05, 0.1) is 23.2 Å². The Labute approximate surface area is 211 Å². The molecule has 5 aromatic rings. The first-order valence-electron chi connectivity index (χ1n) is 11.7. The molecule has 37 heavy (non-hydrogen) atoms. The molecule has 186 valence electrons. The van der Waals surface area contributed by atoms with Gasteiger partial charge in [-0.25, -0.2) is 18.9 Å². The van der Waals surface area contributed by atoms with Gasteiger partial charge in [0.25, 0.3) is 5.91 Å². The number of hydrogen-bond donors (Lipinski definition) is 1. The zero-order valence-corrected chi connectivity index (χ0v) is 20.4. The number of carbonyl (C=O) groups is 1. The number of nitrogens with one attached hydrogen (secondary N) is 1. The third-order valence-electron chi connectivity index (χ3n) is 6.35. The summed E-state index contributed by atoms with van der Waals surface area (Å²) in [4.78, 5) is 28.2. The monoisotopic (exact) mass is 498 g/mol. The van der Waals surface area contributed by atoms with Gasteiger partial charge in [-0.05, 0) is 42.7 Å². The molecule has 11 heteroatoms. The van der Waals surface area contributed by atoms with E-state index in [0.29, 0.717) is 46.4 Å². The van der Waals surface area contributed by atoms with Gasteiger partial charge in [-0.2, -0.15) is 10.1 Å². The number of hydrogen-bond acceptors (Lipinski definition) is 8. The number of aromatic nitrogens is 6. The SMILES string of the molecule is Cc1ccc(-c2noc([C@H]3C[C@@H]3F)n2)cc1NC(=O)c1cnn2ccc(-c3cnc(N(C)C)nc3)cc12. The summed E-state index contributed by atoms with van der Waals surface area (Å²) in [6, 6.07) is 9.26. The molecular weight excluding hydrogens is 475 g/mol. The van der Waals surface area contributed by atoms with Crippen LogP contribution < -0.4 is 10.2 Å². The minimum atomic E-state index is -0.919. The fraction of sp³-hybridized carbons (Fsp3) is 0.231. The molecule has 1 fully saturated rings. The number of halogens is 1. The highest BCUT2D eigenvalue weighted by Gasteiger charge is 2.43. The van der Waals surface area contributed by atoms with E-state index in [9.17, 15) is 9.18 Å². The normalized spacial score (nSPS) is 16.6.